The van der Waals surface area contributed by atoms with Gasteiger partial charge in [-0.2, -0.15) is 0 Å². The van der Waals surface area contributed by atoms with E-state index < -0.39 is 11.6 Å². The van der Waals surface area contributed by atoms with Crippen molar-refractivity contribution in [1.29, 1.82) is 0 Å². The van der Waals surface area contributed by atoms with Gasteiger partial charge < -0.3 is 15.8 Å². The van der Waals surface area contributed by atoms with Crippen LogP contribution in [0.4, 0.5) is 10.5 Å². The number of urea groups is 1. The van der Waals surface area contributed by atoms with Gasteiger partial charge in [0.05, 0.1) is 11.9 Å². The highest BCUT2D eigenvalue weighted by molar-refractivity contribution is 5.88. The second-order valence-corrected chi connectivity index (χ2v) is 5.92. The summed E-state index contributed by atoms with van der Waals surface area (Å²) < 4.78 is 5.19. The quantitative estimate of drug-likeness (QED) is 0.354. The first-order chi connectivity index (χ1) is 12.2. The molecule has 0 aliphatic rings. The molecule has 1 aromatic heterocycles. The Kier molecular flexibility index (Phi) is 14.1. The van der Waals surface area contributed by atoms with Crippen LogP contribution in [0.3, 0.4) is 0 Å². The summed E-state index contributed by atoms with van der Waals surface area (Å²) in [6, 6.07) is 2.84. The number of amides is 2. The molecule has 0 bridgehead atoms. The lowest BCUT2D eigenvalue weighted by Gasteiger charge is -2.19. The maximum Gasteiger partial charge on any atom is 0.334 e. The fourth-order valence-corrected chi connectivity index (χ4v) is 1.35. The number of primary amides is 1. The largest absolute Gasteiger partial charge is 0.457 e. The van der Waals surface area contributed by atoms with Crippen LogP contribution in [0.1, 0.15) is 41.0 Å². The molecule has 144 valence electrons. The molecule has 0 saturated carbocycles. The van der Waals surface area contributed by atoms with Crippen molar-refractivity contribution in [2.45, 2.75) is 46.6 Å². The Hall–Kier alpha value is -2.89. The fourth-order valence-electron chi connectivity index (χ4n) is 1.35. The standard InChI is InChI=1S/C12H20O2.C6H7N3O.C2H4/c1-6-7-8-9-10(2)11(13)14-12(3,4)5;7-6(10)9-5-2-1-3-8-4-5;1-2/h7-9H,6H2,1-5H3;1-4H,(H3,7,9,10);1-2H2/b8-7-,10-9+;;. The van der Waals surface area contributed by atoms with Gasteiger partial charge in [-0.05, 0) is 46.2 Å². The summed E-state index contributed by atoms with van der Waals surface area (Å²) in [7, 11) is 0. The highest BCUT2D eigenvalue weighted by Crippen LogP contribution is 2.10. The van der Waals surface area contributed by atoms with E-state index in [4.69, 9.17) is 10.5 Å². The number of nitrogens with two attached hydrogens (primary N) is 1. The summed E-state index contributed by atoms with van der Waals surface area (Å²) in [5.41, 5.74) is 5.67. The van der Waals surface area contributed by atoms with Crippen LogP contribution in [0.5, 0.6) is 0 Å². The molecule has 6 heteroatoms. The van der Waals surface area contributed by atoms with Gasteiger partial charge >= 0.3 is 12.0 Å². The third-order valence-corrected chi connectivity index (χ3v) is 2.37. The SMILES string of the molecule is C=C.CC/C=C\C=C(/C)C(=O)OC(C)(C)C.NC(=O)Nc1cccnc1. The molecule has 0 spiro atoms. The molecule has 0 aliphatic heterocycles. The van der Waals surface area contributed by atoms with Crippen molar-refractivity contribution < 1.29 is 14.3 Å². The minimum Gasteiger partial charge on any atom is -0.457 e. The third-order valence-electron chi connectivity index (χ3n) is 2.37. The molecule has 6 nitrogen and oxygen atoms in total. The Balaban J connectivity index is 0. The molecule has 0 aromatic carbocycles. The van der Waals surface area contributed by atoms with Gasteiger partial charge in [-0.25, -0.2) is 9.59 Å². The van der Waals surface area contributed by atoms with Crippen LogP contribution in [0.2, 0.25) is 0 Å². The van der Waals surface area contributed by atoms with Gasteiger partial charge in [0.15, 0.2) is 0 Å². The molecule has 0 unspecified atom stereocenters. The van der Waals surface area contributed by atoms with E-state index in [2.05, 4.69) is 23.5 Å². The summed E-state index contributed by atoms with van der Waals surface area (Å²) in [5, 5.41) is 2.38. The molecule has 0 aliphatic carbocycles. The predicted molar refractivity (Wildman–Crippen MR) is 108 cm³/mol. The minimum absolute atomic E-state index is 0.252. The number of rotatable bonds is 4. The van der Waals surface area contributed by atoms with E-state index in [-0.39, 0.29) is 5.97 Å². The molecule has 1 heterocycles. The number of allylic oxidation sites excluding steroid dienone is 3. The lowest BCUT2D eigenvalue weighted by molar-refractivity contribution is -0.149. The van der Waals surface area contributed by atoms with Gasteiger partial charge in [0.2, 0.25) is 0 Å². The Morgan fingerprint density at radius 3 is 2.38 bits per heavy atom. The number of nitrogens with zero attached hydrogens (tertiary/aromatic N) is 1. The normalized spacial score (nSPS) is 10.7. The number of hydrogen-bond donors (Lipinski definition) is 2. The van der Waals surface area contributed by atoms with Crippen LogP contribution in [0, 0.1) is 0 Å². The monoisotopic (exact) mass is 361 g/mol. The van der Waals surface area contributed by atoms with Gasteiger partial charge in [-0.15, -0.1) is 13.2 Å². The molecule has 3 N–H and O–H groups in total. The molecule has 0 atom stereocenters. The van der Waals surface area contributed by atoms with E-state index in [1.165, 1.54) is 6.20 Å². The number of aromatic nitrogens is 1. The molecule has 0 radical (unpaired) electrons. The third kappa shape index (κ3) is 16.0. The van der Waals surface area contributed by atoms with Crippen molar-refractivity contribution in [3.8, 4) is 0 Å². The maximum atomic E-state index is 11.4. The Labute approximate surface area is 156 Å². The molecule has 1 rings (SSSR count). The topological polar surface area (TPSA) is 94.3 Å². The molecule has 0 fully saturated rings. The van der Waals surface area contributed by atoms with Crippen LogP contribution < -0.4 is 11.1 Å². The molecule has 0 saturated heterocycles. The lowest BCUT2D eigenvalue weighted by Crippen LogP contribution is -2.24. The molecule has 2 amide bonds. The van der Waals surface area contributed by atoms with Gasteiger partial charge in [-0.1, -0.05) is 25.2 Å². The number of esters is 1. The molecule has 1 aromatic rings. The molecular weight excluding hydrogens is 330 g/mol. The number of pyridine rings is 1. The second kappa shape index (κ2) is 14.5. The van der Waals surface area contributed by atoms with E-state index in [1.807, 2.05) is 39.8 Å². The van der Waals surface area contributed by atoms with Gasteiger partial charge in [0.25, 0.3) is 0 Å². The van der Waals surface area contributed by atoms with E-state index in [0.29, 0.717) is 11.3 Å². The van der Waals surface area contributed by atoms with Crippen LogP contribution in [-0.4, -0.2) is 22.6 Å². The number of anilines is 1. The summed E-state index contributed by atoms with van der Waals surface area (Å²) in [5.74, 6) is -0.252. The summed E-state index contributed by atoms with van der Waals surface area (Å²) in [4.78, 5) is 25.4. The Bertz CT molecular complexity index is 588. The number of carbonyl (C=O) groups is 2. The Morgan fingerprint density at radius 2 is 1.96 bits per heavy atom. The number of nitrogens with one attached hydrogen (secondary N) is 1. The summed E-state index contributed by atoms with van der Waals surface area (Å²) >= 11 is 0. The minimum atomic E-state index is -0.576. The van der Waals surface area contributed by atoms with Crippen molar-refractivity contribution in [2.24, 2.45) is 5.73 Å². The molecular formula is C20H31N3O3. The summed E-state index contributed by atoms with van der Waals surface area (Å²) in [6.45, 7) is 15.4. The van der Waals surface area contributed by atoms with Gasteiger partial charge in [0.1, 0.15) is 5.60 Å². The van der Waals surface area contributed by atoms with E-state index in [9.17, 15) is 9.59 Å². The van der Waals surface area contributed by atoms with E-state index in [1.54, 1.807) is 31.3 Å². The highest BCUT2D eigenvalue weighted by Gasteiger charge is 2.16. The van der Waals surface area contributed by atoms with Crippen LogP contribution in [0.15, 0.2) is 61.5 Å². The first kappa shape index (κ1) is 25.4. The number of hydrogen-bond acceptors (Lipinski definition) is 4. The second-order valence-electron chi connectivity index (χ2n) is 5.92. The van der Waals surface area contributed by atoms with Gasteiger partial charge in [0, 0.05) is 11.8 Å². The predicted octanol–water partition coefficient (Wildman–Crippen LogP) is 4.62. The fraction of sp³-hybridized carbons (Fsp3) is 0.350. The van der Waals surface area contributed by atoms with Crippen molar-refractivity contribution >= 4 is 17.7 Å². The van der Waals surface area contributed by atoms with Crippen molar-refractivity contribution in [3.63, 3.8) is 0 Å². The average Bonchev–Trinajstić information content (AvgIpc) is 2.56. The zero-order valence-electron chi connectivity index (χ0n) is 16.4. The van der Waals surface area contributed by atoms with Gasteiger partial charge in [-0.3, -0.25) is 4.98 Å². The van der Waals surface area contributed by atoms with Crippen LogP contribution in [-0.2, 0) is 9.53 Å². The highest BCUT2D eigenvalue weighted by atomic mass is 16.6. The van der Waals surface area contributed by atoms with E-state index in [0.717, 1.165) is 6.42 Å². The molecule has 26 heavy (non-hydrogen) atoms. The zero-order chi connectivity index (χ0) is 20.6. The first-order valence-electron chi connectivity index (χ1n) is 8.19. The zero-order valence-corrected chi connectivity index (χ0v) is 16.4. The van der Waals surface area contributed by atoms with Crippen molar-refractivity contribution in [3.05, 3.63) is 61.5 Å². The smallest absolute Gasteiger partial charge is 0.334 e. The van der Waals surface area contributed by atoms with E-state index >= 15 is 0 Å². The number of carbonyl (C=O) groups excluding carboxylic acids is 2. The van der Waals surface area contributed by atoms with Crippen molar-refractivity contribution in [2.75, 3.05) is 5.32 Å². The summed E-state index contributed by atoms with van der Waals surface area (Å²) in [6.07, 6.45) is 9.75. The average molecular weight is 361 g/mol. The van der Waals surface area contributed by atoms with Crippen molar-refractivity contribution in [1.82, 2.24) is 4.98 Å². The number of ether oxygens (including phenoxy) is 1. The maximum absolute atomic E-state index is 11.4. The van der Waals surface area contributed by atoms with Crippen LogP contribution >= 0.6 is 0 Å². The Morgan fingerprint density at radius 1 is 1.35 bits per heavy atom. The van der Waals surface area contributed by atoms with Crippen LogP contribution in [0.25, 0.3) is 0 Å². The first-order valence-corrected chi connectivity index (χ1v) is 8.19. The lowest BCUT2D eigenvalue weighted by atomic mass is 10.2.